The van der Waals surface area contributed by atoms with E-state index in [0.717, 1.165) is 11.1 Å². The van der Waals surface area contributed by atoms with E-state index in [2.05, 4.69) is 17.2 Å². The van der Waals surface area contributed by atoms with E-state index in [-0.39, 0.29) is 6.54 Å². The summed E-state index contributed by atoms with van der Waals surface area (Å²) in [4.78, 5) is 23.1. The molecule has 1 aromatic rings. The third-order valence-corrected chi connectivity index (χ3v) is 2.40. The number of rotatable bonds is 6. The number of benzene rings is 1. The van der Waals surface area contributed by atoms with Crippen LogP contribution in [0.2, 0.25) is 0 Å². The molecule has 0 aliphatic rings. The molecule has 5 heteroatoms. The fraction of sp³-hybridized carbons (Fsp3) is 0.333. The Kier molecular flexibility index (Phi) is 6.46. The average molecular weight is 276 g/mol. The largest absolute Gasteiger partial charge is 0.375 e. The lowest BCUT2D eigenvalue weighted by Gasteiger charge is -2.07. The molecule has 0 radical (unpaired) electrons. The van der Waals surface area contributed by atoms with Crippen LogP contribution in [0.5, 0.6) is 0 Å². The summed E-state index contributed by atoms with van der Waals surface area (Å²) in [6, 6.07) is 7.21. The molecular formula is C15H20N2O3. The molecule has 0 heterocycles. The van der Waals surface area contributed by atoms with Gasteiger partial charge in [0.15, 0.2) is 0 Å². The van der Waals surface area contributed by atoms with E-state index < -0.39 is 11.8 Å². The second-order valence-corrected chi connectivity index (χ2v) is 4.59. The first-order valence-electron chi connectivity index (χ1n) is 6.37. The minimum atomic E-state index is -0.686. The number of hydrogen-bond donors (Lipinski definition) is 2. The van der Waals surface area contributed by atoms with Crippen LogP contribution in [-0.2, 0) is 14.3 Å². The Morgan fingerprint density at radius 2 is 1.85 bits per heavy atom. The monoisotopic (exact) mass is 276 g/mol. The molecule has 0 spiro atoms. The van der Waals surface area contributed by atoms with Crippen LogP contribution in [0.1, 0.15) is 12.5 Å². The molecule has 108 valence electrons. The minimum absolute atomic E-state index is 0.285. The molecule has 2 N–H and O–H groups in total. The van der Waals surface area contributed by atoms with Crippen molar-refractivity contribution in [2.45, 2.75) is 13.8 Å². The number of amides is 2. The van der Waals surface area contributed by atoms with Crippen molar-refractivity contribution in [1.29, 1.82) is 0 Å². The molecule has 1 rings (SSSR count). The Labute approximate surface area is 119 Å². The summed E-state index contributed by atoms with van der Waals surface area (Å²) in [5, 5.41) is 5.00. The van der Waals surface area contributed by atoms with Gasteiger partial charge < -0.3 is 15.4 Å². The van der Waals surface area contributed by atoms with Gasteiger partial charge in [-0.15, -0.1) is 0 Å². The van der Waals surface area contributed by atoms with Crippen LogP contribution in [0.15, 0.2) is 36.4 Å². The van der Waals surface area contributed by atoms with Gasteiger partial charge in [0.1, 0.15) is 0 Å². The second kappa shape index (κ2) is 8.12. The van der Waals surface area contributed by atoms with Crippen LogP contribution in [0, 0.1) is 6.92 Å². The smallest absolute Gasteiger partial charge is 0.313 e. The number of carbonyl (C=O) groups is 2. The molecule has 0 fully saturated rings. The molecule has 0 aromatic heterocycles. The zero-order chi connectivity index (χ0) is 15.0. The fourth-order valence-electron chi connectivity index (χ4n) is 1.39. The lowest BCUT2D eigenvalue weighted by molar-refractivity contribution is -0.136. The first-order chi connectivity index (χ1) is 9.49. The van der Waals surface area contributed by atoms with Crippen molar-refractivity contribution in [3.63, 3.8) is 0 Å². The highest BCUT2D eigenvalue weighted by atomic mass is 16.5. The van der Waals surface area contributed by atoms with E-state index in [0.29, 0.717) is 18.9 Å². The SMILES string of the molecule is C=C(C)COCCNC(=O)C(=O)Nc1ccc(C)cc1. The molecule has 0 saturated heterocycles. The van der Waals surface area contributed by atoms with Gasteiger partial charge in [0.2, 0.25) is 0 Å². The Bertz CT molecular complexity index is 480. The van der Waals surface area contributed by atoms with Crippen molar-refractivity contribution in [2.75, 3.05) is 25.1 Å². The molecule has 0 unspecified atom stereocenters. The van der Waals surface area contributed by atoms with Crippen molar-refractivity contribution in [2.24, 2.45) is 0 Å². The van der Waals surface area contributed by atoms with Gasteiger partial charge >= 0.3 is 11.8 Å². The number of aryl methyl sites for hydroxylation is 1. The average Bonchev–Trinajstić information content (AvgIpc) is 2.40. The quantitative estimate of drug-likeness (QED) is 0.471. The summed E-state index contributed by atoms with van der Waals surface area (Å²) in [7, 11) is 0. The Morgan fingerprint density at radius 1 is 1.20 bits per heavy atom. The van der Waals surface area contributed by atoms with Crippen molar-refractivity contribution >= 4 is 17.5 Å². The molecule has 0 bridgehead atoms. The normalized spacial score (nSPS) is 9.90. The van der Waals surface area contributed by atoms with Gasteiger partial charge in [-0.25, -0.2) is 0 Å². The zero-order valence-electron chi connectivity index (χ0n) is 11.9. The third kappa shape index (κ3) is 6.15. The Hall–Kier alpha value is -2.14. The van der Waals surface area contributed by atoms with E-state index in [9.17, 15) is 9.59 Å². The number of nitrogens with one attached hydrogen (secondary N) is 2. The first kappa shape index (κ1) is 15.9. The van der Waals surface area contributed by atoms with Gasteiger partial charge in [-0.05, 0) is 26.0 Å². The van der Waals surface area contributed by atoms with Gasteiger partial charge in [-0.1, -0.05) is 29.8 Å². The fourth-order valence-corrected chi connectivity index (χ4v) is 1.39. The van der Waals surface area contributed by atoms with E-state index >= 15 is 0 Å². The van der Waals surface area contributed by atoms with Crippen LogP contribution in [0.3, 0.4) is 0 Å². The van der Waals surface area contributed by atoms with Crippen LogP contribution in [0.4, 0.5) is 5.69 Å². The maximum atomic E-state index is 11.6. The number of hydrogen-bond acceptors (Lipinski definition) is 3. The highest BCUT2D eigenvalue weighted by Gasteiger charge is 2.12. The Morgan fingerprint density at radius 3 is 2.45 bits per heavy atom. The topological polar surface area (TPSA) is 67.4 Å². The van der Waals surface area contributed by atoms with E-state index in [1.807, 2.05) is 26.0 Å². The Balaban J connectivity index is 2.27. The van der Waals surface area contributed by atoms with Gasteiger partial charge in [0.25, 0.3) is 0 Å². The highest BCUT2D eigenvalue weighted by molar-refractivity contribution is 6.39. The van der Waals surface area contributed by atoms with Gasteiger partial charge in [0.05, 0.1) is 13.2 Å². The second-order valence-electron chi connectivity index (χ2n) is 4.59. The van der Waals surface area contributed by atoms with Crippen molar-refractivity contribution < 1.29 is 14.3 Å². The van der Waals surface area contributed by atoms with Gasteiger partial charge in [0, 0.05) is 12.2 Å². The lowest BCUT2D eigenvalue weighted by Crippen LogP contribution is -2.37. The molecular weight excluding hydrogens is 256 g/mol. The lowest BCUT2D eigenvalue weighted by atomic mass is 10.2. The molecule has 0 aliphatic carbocycles. The summed E-state index contributed by atoms with van der Waals surface area (Å²) in [6.07, 6.45) is 0. The summed E-state index contributed by atoms with van der Waals surface area (Å²) >= 11 is 0. The third-order valence-electron chi connectivity index (χ3n) is 2.40. The predicted molar refractivity (Wildman–Crippen MR) is 78.5 cm³/mol. The molecule has 5 nitrogen and oxygen atoms in total. The maximum Gasteiger partial charge on any atom is 0.313 e. The van der Waals surface area contributed by atoms with E-state index in [1.54, 1.807) is 12.1 Å². The van der Waals surface area contributed by atoms with Crippen LogP contribution < -0.4 is 10.6 Å². The summed E-state index contributed by atoms with van der Waals surface area (Å²) in [6.45, 7) is 8.57. The van der Waals surface area contributed by atoms with Crippen LogP contribution in [-0.4, -0.2) is 31.6 Å². The standard InChI is InChI=1S/C15H20N2O3/c1-11(2)10-20-9-8-16-14(18)15(19)17-13-6-4-12(3)5-7-13/h4-7H,1,8-10H2,2-3H3,(H,16,18)(H,17,19). The summed E-state index contributed by atoms with van der Waals surface area (Å²) in [5.74, 6) is -1.36. The first-order valence-corrected chi connectivity index (χ1v) is 6.37. The van der Waals surface area contributed by atoms with Crippen molar-refractivity contribution in [3.8, 4) is 0 Å². The molecule has 0 atom stereocenters. The maximum absolute atomic E-state index is 11.6. The number of anilines is 1. The molecule has 2 amide bonds. The molecule has 20 heavy (non-hydrogen) atoms. The van der Waals surface area contributed by atoms with Crippen LogP contribution in [0.25, 0.3) is 0 Å². The summed E-state index contributed by atoms with van der Waals surface area (Å²) < 4.78 is 5.21. The molecule has 0 aliphatic heterocycles. The minimum Gasteiger partial charge on any atom is -0.375 e. The van der Waals surface area contributed by atoms with E-state index in [4.69, 9.17) is 4.74 Å². The van der Waals surface area contributed by atoms with Crippen molar-refractivity contribution in [1.82, 2.24) is 5.32 Å². The van der Waals surface area contributed by atoms with Gasteiger partial charge in [-0.2, -0.15) is 0 Å². The van der Waals surface area contributed by atoms with Crippen molar-refractivity contribution in [3.05, 3.63) is 42.0 Å². The predicted octanol–water partition coefficient (Wildman–Crippen LogP) is 1.64. The molecule has 0 saturated carbocycles. The zero-order valence-corrected chi connectivity index (χ0v) is 11.9. The van der Waals surface area contributed by atoms with E-state index in [1.165, 1.54) is 0 Å². The van der Waals surface area contributed by atoms with Crippen LogP contribution >= 0.6 is 0 Å². The van der Waals surface area contributed by atoms with Gasteiger partial charge in [-0.3, -0.25) is 9.59 Å². The molecule has 1 aromatic carbocycles. The number of ether oxygens (including phenoxy) is 1. The highest BCUT2D eigenvalue weighted by Crippen LogP contribution is 2.07. The number of carbonyl (C=O) groups excluding carboxylic acids is 2. The summed E-state index contributed by atoms with van der Waals surface area (Å²) in [5.41, 5.74) is 2.59.